The molecule has 1 saturated heterocycles. The SMILES string of the molecule is Cn1cc(C(=O)NCC(c2cccs2)N2CCCC2)cn1. The maximum Gasteiger partial charge on any atom is 0.254 e. The minimum Gasteiger partial charge on any atom is -0.350 e. The fourth-order valence-corrected chi connectivity index (χ4v) is 3.63. The summed E-state index contributed by atoms with van der Waals surface area (Å²) in [6.07, 6.45) is 5.84. The number of hydrogen-bond acceptors (Lipinski definition) is 4. The van der Waals surface area contributed by atoms with Crippen molar-refractivity contribution in [3.63, 3.8) is 0 Å². The number of carbonyl (C=O) groups is 1. The maximum absolute atomic E-state index is 12.2. The Morgan fingerprint density at radius 2 is 2.29 bits per heavy atom. The van der Waals surface area contributed by atoms with Crippen LogP contribution in [0.15, 0.2) is 29.9 Å². The Morgan fingerprint density at radius 3 is 2.90 bits per heavy atom. The van der Waals surface area contributed by atoms with Crippen molar-refractivity contribution in [2.45, 2.75) is 18.9 Å². The fraction of sp³-hybridized carbons (Fsp3) is 0.467. The zero-order valence-electron chi connectivity index (χ0n) is 12.2. The summed E-state index contributed by atoms with van der Waals surface area (Å²) >= 11 is 1.76. The lowest BCUT2D eigenvalue weighted by molar-refractivity contribution is 0.0938. The standard InChI is InChI=1S/C15H20N4OS/c1-18-11-12(9-17-18)15(20)16-10-13(14-5-4-8-21-14)19-6-2-3-7-19/h4-5,8-9,11,13H,2-3,6-7,10H2,1H3,(H,16,20). The van der Waals surface area contributed by atoms with Gasteiger partial charge in [-0.3, -0.25) is 14.4 Å². The molecule has 0 saturated carbocycles. The van der Waals surface area contributed by atoms with Crippen LogP contribution in [0.1, 0.15) is 34.1 Å². The second kappa shape index (κ2) is 6.41. The number of carbonyl (C=O) groups excluding carboxylic acids is 1. The molecule has 21 heavy (non-hydrogen) atoms. The predicted molar refractivity (Wildman–Crippen MR) is 83.4 cm³/mol. The van der Waals surface area contributed by atoms with Gasteiger partial charge in [-0.15, -0.1) is 11.3 Å². The number of nitrogens with one attached hydrogen (secondary N) is 1. The van der Waals surface area contributed by atoms with Crippen LogP contribution in [-0.4, -0.2) is 40.2 Å². The first-order valence-corrected chi connectivity index (χ1v) is 8.16. The van der Waals surface area contributed by atoms with Crippen LogP contribution in [0.5, 0.6) is 0 Å². The lowest BCUT2D eigenvalue weighted by Crippen LogP contribution is -2.36. The van der Waals surface area contributed by atoms with Crippen molar-refractivity contribution in [1.82, 2.24) is 20.0 Å². The number of likely N-dealkylation sites (tertiary alicyclic amines) is 1. The third-order valence-electron chi connectivity index (χ3n) is 3.88. The van der Waals surface area contributed by atoms with E-state index in [1.807, 2.05) is 7.05 Å². The molecule has 0 bridgehead atoms. The Labute approximate surface area is 128 Å². The molecule has 1 amide bonds. The van der Waals surface area contributed by atoms with Crippen LogP contribution < -0.4 is 5.32 Å². The lowest BCUT2D eigenvalue weighted by Gasteiger charge is -2.26. The molecule has 1 aliphatic rings. The van der Waals surface area contributed by atoms with Crippen LogP contribution in [0.3, 0.4) is 0 Å². The molecule has 2 aromatic heterocycles. The van der Waals surface area contributed by atoms with Gasteiger partial charge >= 0.3 is 0 Å². The largest absolute Gasteiger partial charge is 0.350 e. The Bertz CT molecular complexity index is 587. The molecule has 0 aromatic carbocycles. The van der Waals surface area contributed by atoms with E-state index in [4.69, 9.17) is 0 Å². The summed E-state index contributed by atoms with van der Waals surface area (Å²) in [4.78, 5) is 16.0. The number of hydrogen-bond donors (Lipinski definition) is 1. The van der Waals surface area contributed by atoms with Crippen molar-refractivity contribution < 1.29 is 4.79 Å². The Balaban J connectivity index is 1.66. The van der Waals surface area contributed by atoms with Crippen LogP contribution in [-0.2, 0) is 7.05 Å². The summed E-state index contributed by atoms with van der Waals surface area (Å²) in [5.74, 6) is -0.0520. The fourth-order valence-electron chi connectivity index (χ4n) is 2.77. The first kappa shape index (κ1) is 14.3. The zero-order chi connectivity index (χ0) is 14.7. The first-order chi connectivity index (χ1) is 10.2. The van der Waals surface area contributed by atoms with E-state index in [0.29, 0.717) is 12.1 Å². The van der Waals surface area contributed by atoms with Gasteiger partial charge in [-0.25, -0.2) is 0 Å². The van der Waals surface area contributed by atoms with E-state index in [1.165, 1.54) is 17.7 Å². The quantitative estimate of drug-likeness (QED) is 0.920. The molecular weight excluding hydrogens is 284 g/mol. The highest BCUT2D eigenvalue weighted by Crippen LogP contribution is 2.27. The Hall–Kier alpha value is -1.66. The van der Waals surface area contributed by atoms with Gasteiger partial charge in [0, 0.05) is 24.7 Å². The average Bonchev–Trinajstić information content (AvgIpc) is 3.21. The molecule has 1 atom stereocenters. The van der Waals surface area contributed by atoms with Crippen molar-refractivity contribution in [2.24, 2.45) is 7.05 Å². The smallest absolute Gasteiger partial charge is 0.254 e. The van der Waals surface area contributed by atoms with Gasteiger partial charge in [-0.2, -0.15) is 5.10 Å². The van der Waals surface area contributed by atoms with Gasteiger partial charge < -0.3 is 5.32 Å². The monoisotopic (exact) mass is 304 g/mol. The van der Waals surface area contributed by atoms with Crippen LogP contribution in [0.25, 0.3) is 0 Å². The molecule has 1 aliphatic heterocycles. The summed E-state index contributed by atoms with van der Waals surface area (Å²) in [7, 11) is 1.81. The number of amides is 1. The Morgan fingerprint density at radius 1 is 1.48 bits per heavy atom. The van der Waals surface area contributed by atoms with Crippen molar-refractivity contribution in [3.05, 3.63) is 40.3 Å². The van der Waals surface area contributed by atoms with Gasteiger partial charge in [0.1, 0.15) is 0 Å². The number of rotatable bonds is 5. The van der Waals surface area contributed by atoms with Crippen LogP contribution in [0, 0.1) is 0 Å². The second-order valence-electron chi connectivity index (χ2n) is 5.39. The summed E-state index contributed by atoms with van der Waals surface area (Å²) in [5.41, 5.74) is 0.615. The van der Waals surface area contributed by atoms with Gasteiger partial charge in [0.15, 0.2) is 0 Å². The van der Waals surface area contributed by atoms with Crippen LogP contribution >= 0.6 is 11.3 Å². The number of aryl methyl sites for hydroxylation is 1. The van der Waals surface area contributed by atoms with Crippen molar-refractivity contribution >= 4 is 17.2 Å². The molecule has 5 nitrogen and oxygen atoms in total. The zero-order valence-corrected chi connectivity index (χ0v) is 13.0. The summed E-state index contributed by atoms with van der Waals surface area (Å²) in [6, 6.07) is 4.52. The van der Waals surface area contributed by atoms with Gasteiger partial charge in [0.2, 0.25) is 0 Å². The number of aromatic nitrogens is 2. The molecule has 1 N–H and O–H groups in total. The minimum atomic E-state index is -0.0520. The molecule has 6 heteroatoms. The molecule has 1 fully saturated rings. The normalized spacial score (nSPS) is 17.0. The van der Waals surface area contributed by atoms with Crippen LogP contribution in [0.2, 0.25) is 0 Å². The third-order valence-corrected chi connectivity index (χ3v) is 4.85. The third kappa shape index (κ3) is 3.33. The molecule has 2 aromatic rings. The Kier molecular flexibility index (Phi) is 4.36. The molecule has 112 valence electrons. The maximum atomic E-state index is 12.2. The van der Waals surface area contributed by atoms with Crippen molar-refractivity contribution in [3.8, 4) is 0 Å². The first-order valence-electron chi connectivity index (χ1n) is 7.28. The van der Waals surface area contributed by atoms with Crippen LogP contribution in [0.4, 0.5) is 0 Å². The predicted octanol–water partition coefficient (Wildman–Crippen LogP) is 2.05. The van der Waals surface area contributed by atoms with E-state index in [-0.39, 0.29) is 11.9 Å². The molecule has 0 spiro atoms. The van der Waals surface area contributed by atoms with Gasteiger partial charge in [0.05, 0.1) is 17.8 Å². The second-order valence-corrected chi connectivity index (χ2v) is 6.37. The average molecular weight is 304 g/mol. The topological polar surface area (TPSA) is 50.2 Å². The van der Waals surface area contributed by atoms with Gasteiger partial charge in [0.25, 0.3) is 5.91 Å². The molecule has 0 aliphatic carbocycles. The molecule has 3 heterocycles. The highest BCUT2D eigenvalue weighted by molar-refractivity contribution is 7.10. The molecule has 1 unspecified atom stereocenters. The van der Waals surface area contributed by atoms with E-state index >= 15 is 0 Å². The van der Waals surface area contributed by atoms with E-state index in [2.05, 4.69) is 32.8 Å². The van der Waals surface area contributed by atoms with E-state index in [9.17, 15) is 4.79 Å². The highest BCUT2D eigenvalue weighted by Gasteiger charge is 2.24. The van der Waals surface area contributed by atoms with Crippen molar-refractivity contribution in [1.29, 1.82) is 0 Å². The number of thiophene rings is 1. The summed E-state index contributed by atoms with van der Waals surface area (Å²) in [6.45, 7) is 2.88. The molecule has 0 radical (unpaired) electrons. The van der Waals surface area contributed by atoms with E-state index in [1.54, 1.807) is 28.4 Å². The van der Waals surface area contributed by atoms with Gasteiger partial charge in [-0.1, -0.05) is 6.07 Å². The minimum absolute atomic E-state index is 0.0520. The van der Waals surface area contributed by atoms with Gasteiger partial charge in [-0.05, 0) is 37.4 Å². The highest BCUT2D eigenvalue weighted by atomic mass is 32.1. The van der Waals surface area contributed by atoms with E-state index < -0.39 is 0 Å². The van der Waals surface area contributed by atoms with E-state index in [0.717, 1.165) is 13.1 Å². The summed E-state index contributed by atoms with van der Waals surface area (Å²) in [5, 5.41) is 9.19. The molecular formula is C15H20N4OS. The molecule has 3 rings (SSSR count). The summed E-state index contributed by atoms with van der Waals surface area (Å²) < 4.78 is 1.64. The number of nitrogens with zero attached hydrogens (tertiary/aromatic N) is 3. The van der Waals surface area contributed by atoms with Crippen molar-refractivity contribution in [2.75, 3.05) is 19.6 Å². The lowest BCUT2D eigenvalue weighted by atomic mass is 10.2.